The lowest BCUT2D eigenvalue weighted by molar-refractivity contribution is -0.116. The first kappa shape index (κ1) is 13.0. The van der Waals surface area contributed by atoms with E-state index in [0.717, 1.165) is 16.9 Å². The van der Waals surface area contributed by atoms with Gasteiger partial charge < -0.3 is 0 Å². The second-order valence-electron chi connectivity index (χ2n) is 3.67. The predicted molar refractivity (Wildman–Crippen MR) is 72.8 cm³/mol. The van der Waals surface area contributed by atoms with Crippen LogP contribution < -0.4 is 4.90 Å². The standard InChI is InChI=1S/C15H17NO/c1-5-9-14(6-2)16(13(4)17)15-11-8-7-10-12(15)3/h5-11H,1-2H2,3-4H3/b14-9+. The zero-order valence-corrected chi connectivity index (χ0v) is 10.3. The average Bonchev–Trinajstić information content (AvgIpc) is 2.30. The Kier molecular flexibility index (Phi) is 4.46. The fourth-order valence-corrected chi connectivity index (χ4v) is 1.66. The van der Waals surface area contributed by atoms with Crippen LogP contribution >= 0.6 is 0 Å². The molecule has 1 amide bonds. The number of rotatable bonds is 4. The number of amides is 1. The molecule has 1 rings (SSSR count). The Balaban J connectivity index is 3.32. The summed E-state index contributed by atoms with van der Waals surface area (Å²) in [5.74, 6) is -0.0488. The van der Waals surface area contributed by atoms with Crippen LogP contribution in [0.1, 0.15) is 12.5 Å². The van der Waals surface area contributed by atoms with Gasteiger partial charge in [-0.25, -0.2) is 0 Å². The number of para-hydroxylation sites is 1. The lowest BCUT2D eigenvalue weighted by Gasteiger charge is -2.23. The van der Waals surface area contributed by atoms with Crippen molar-refractivity contribution in [1.29, 1.82) is 0 Å². The maximum Gasteiger partial charge on any atom is 0.228 e. The van der Waals surface area contributed by atoms with Crippen molar-refractivity contribution in [2.45, 2.75) is 13.8 Å². The molecule has 0 fully saturated rings. The molecular formula is C15H17NO. The van der Waals surface area contributed by atoms with Gasteiger partial charge in [0.1, 0.15) is 0 Å². The van der Waals surface area contributed by atoms with Crippen molar-refractivity contribution < 1.29 is 4.79 Å². The Morgan fingerprint density at radius 2 is 1.94 bits per heavy atom. The highest BCUT2D eigenvalue weighted by Crippen LogP contribution is 2.24. The summed E-state index contributed by atoms with van der Waals surface area (Å²) in [4.78, 5) is 13.4. The van der Waals surface area contributed by atoms with Gasteiger partial charge in [0, 0.05) is 12.6 Å². The van der Waals surface area contributed by atoms with Crippen LogP contribution in [0.25, 0.3) is 0 Å². The van der Waals surface area contributed by atoms with Crippen molar-refractivity contribution in [1.82, 2.24) is 0 Å². The van der Waals surface area contributed by atoms with E-state index >= 15 is 0 Å². The Labute approximate surface area is 103 Å². The highest BCUT2D eigenvalue weighted by atomic mass is 16.2. The molecule has 88 valence electrons. The van der Waals surface area contributed by atoms with Crippen molar-refractivity contribution in [3.8, 4) is 0 Å². The molecule has 2 heteroatoms. The smallest absolute Gasteiger partial charge is 0.228 e. The fraction of sp³-hybridized carbons (Fsp3) is 0.133. The molecule has 0 radical (unpaired) electrons. The molecule has 0 heterocycles. The van der Waals surface area contributed by atoms with Crippen LogP contribution in [-0.4, -0.2) is 5.91 Å². The molecule has 0 aliphatic carbocycles. The first-order valence-corrected chi connectivity index (χ1v) is 5.43. The van der Waals surface area contributed by atoms with E-state index in [1.165, 1.54) is 6.92 Å². The van der Waals surface area contributed by atoms with Gasteiger partial charge in [0.15, 0.2) is 0 Å². The Morgan fingerprint density at radius 3 is 2.41 bits per heavy atom. The van der Waals surface area contributed by atoms with Crippen molar-refractivity contribution in [3.05, 3.63) is 66.9 Å². The number of carbonyl (C=O) groups is 1. The number of hydrogen-bond acceptors (Lipinski definition) is 1. The van der Waals surface area contributed by atoms with E-state index in [9.17, 15) is 4.79 Å². The number of anilines is 1. The number of hydrogen-bond donors (Lipinski definition) is 0. The van der Waals surface area contributed by atoms with E-state index in [4.69, 9.17) is 0 Å². The summed E-state index contributed by atoms with van der Waals surface area (Å²) in [5, 5.41) is 0. The third-order valence-electron chi connectivity index (χ3n) is 2.43. The molecule has 17 heavy (non-hydrogen) atoms. The third-order valence-corrected chi connectivity index (χ3v) is 2.43. The monoisotopic (exact) mass is 227 g/mol. The first-order chi connectivity index (χ1) is 8.11. The molecule has 0 unspecified atom stereocenters. The van der Waals surface area contributed by atoms with Crippen LogP contribution in [0.2, 0.25) is 0 Å². The minimum Gasteiger partial charge on any atom is -0.281 e. The normalized spacial score (nSPS) is 10.8. The molecule has 0 saturated carbocycles. The maximum atomic E-state index is 11.8. The maximum absolute atomic E-state index is 11.8. The van der Waals surface area contributed by atoms with Crippen LogP contribution in [-0.2, 0) is 4.79 Å². The number of nitrogens with zero attached hydrogens (tertiary/aromatic N) is 1. The van der Waals surface area contributed by atoms with Crippen molar-refractivity contribution in [2.75, 3.05) is 4.90 Å². The van der Waals surface area contributed by atoms with E-state index in [-0.39, 0.29) is 5.91 Å². The van der Waals surface area contributed by atoms with Gasteiger partial charge in [0.05, 0.1) is 5.69 Å². The van der Waals surface area contributed by atoms with Crippen LogP contribution in [0.4, 0.5) is 5.69 Å². The van der Waals surface area contributed by atoms with Crippen LogP contribution in [0.3, 0.4) is 0 Å². The summed E-state index contributed by atoms with van der Waals surface area (Å²) >= 11 is 0. The lowest BCUT2D eigenvalue weighted by Crippen LogP contribution is -2.27. The zero-order valence-electron chi connectivity index (χ0n) is 10.3. The molecule has 0 aliphatic heterocycles. The van der Waals surface area contributed by atoms with Gasteiger partial charge >= 0.3 is 0 Å². The van der Waals surface area contributed by atoms with Crippen molar-refractivity contribution >= 4 is 11.6 Å². The van der Waals surface area contributed by atoms with Crippen molar-refractivity contribution in [3.63, 3.8) is 0 Å². The Bertz CT molecular complexity index is 472. The molecule has 0 saturated heterocycles. The number of allylic oxidation sites excluding steroid dienone is 3. The van der Waals surface area contributed by atoms with E-state index < -0.39 is 0 Å². The molecule has 1 aromatic rings. The summed E-state index contributed by atoms with van der Waals surface area (Å²) in [7, 11) is 0. The molecule has 2 nitrogen and oxygen atoms in total. The van der Waals surface area contributed by atoms with Crippen LogP contribution in [0.5, 0.6) is 0 Å². The largest absolute Gasteiger partial charge is 0.281 e. The second-order valence-corrected chi connectivity index (χ2v) is 3.67. The van der Waals surface area contributed by atoms with E-state index in [1.807, 2.05) is 31.2 Å². The Morgan fingerprint density at radius 1 is 1.29 bits per heavy atom. The molecular weight excluding hydrogens is 210 g/mol. The molecule has 0 spiro atoms. The van der Waals surface area contributed by atoms with E-state index in [2.05, 4.69) is 13.2 Å². The van der Waals surface area contributed by atoms with Crippen LogP contribution in [0.15, 0.2) is 61.3 Å². The average molecular weight is 227 g/mol. The minimum atomic E-state index is -0.0488. The van der Waals surface area contributed by atoms with E-state index in [1.54, 1.807) is 23.1 Å². The summed E-state index contributed by atoms with van der Waals surface area (Å²) in [6, 6.07) is 7.74. The van der Waals surface area contributed by atoms with Gasteiger partial charge in [-0.3, -0.25) is 9.69 Å². The van der Waals surface area contributed by atoms with Gasteiger partial charge in [-0.2, -0.15) is 0 Å². The Hall–Kier alpha value is -2.09. The summed E-state index contributed by atoms with van der Waals surface area (Å²) in [5.41, 5.74) is 2.63. The van der Waals surface area contributed by atoms with Gasteiger partial charge in [0.25, 0.3) is 0 Å². The fourth-order valence-electron chi connectivity index (χ4n) is 1.66. The second kappa shape index (κ2) is 5.85. The topological polar surface area (TPSA) is 20.3 Å². The molecule has 1 aromatic carbocycles. The minimum absolute atomic E-state index is 0.0488. The molecule has 0 N–H and O–H groups in total. The molecule has 0 bridgehead atoms. The zero-order chi connectivity index (χ0) is 12.8. The predicted octanol–water partition coefficient (Wildman–Crippen LogP) is 3.60. The van der Waals surface area contributed by atoms with Gasteiger partial charge in [0.2, 0.25) is 5.91 Å². The SMILES string of the molecule is C=C/C=C(\C=C)N(C(C)=O)c1ccccc1C. The molecule has 0 atom stereocenters. The highest BCUT2D eigenvalue weighted by molar-refractivity contribution is 5.96. The highest BCUT2D eigenvalue weighted by Gasteiger charge is 2.15. The molecule has 0 aromatic heterocycles. The van der Waals surface area contributed by atoms with Crippen LogP contribution in [0, 0.1) is 6.92 Å². The first-order valence-electron chi connectivity index (χ1n) is 5.43. The third kappa shape index (κ3) is 2.94. The van der Waals surface area contributed by atoms with Gasteiger partial charge in [-0.1, -0.05) is 37.4 Å². The number of benzene rings is 1. The van der Waals surface area contributed by atoms with E-state index in [0.29, 0.717) is 0 Å². The lowest BCUT2D eigenvalue weighted by atomic mass is 10.1. The molecule has 0 aliphatic rings. The number of aryl methyl sites for hydroxylation is 1. The quantitative estimate of drug-likeness (QED) is 0.720. The van der Waals surface area contributed by atoms with Crippen molar-refractivity contribution in [2.24, 2.45) is 0 Å². The van der Waals surface area contributed by atoms with Gasteiger partial charge in [-0.15, -0.1) is 0 Å². The number of carbonyl (C=O) groups excluding carboxylic acids is 1. The summed E-state index contributed by atoms with van der Waals surface area (Å²) in [6.07, 6.45) is 5.06. The van der Waals surface area contributed by atoms with Gasteiger partial charge in [-0.05, 0) is 30.7 Å². The summed E-state index contributed by atoms with van der Waals surface area (Å²) < 4.78 is 0. The summed E-state index contributed by atoms with van der Waals surface area (Å²) in [6.45, 7) is 10.9.